The van der Waals surface area contributed by atoms with E-state index in [4.69, 9.17) is 7.81 Å². The summed E-state index contributed by atoms with van der Waals surface area (Å²) in [4.78, 5) is 12.2. The molecule has 0 amide bonds. The van der Waals surface area contributed by atoms with E-state index in [1.807, 2.05) is 54.6 Å². The van der Waals surface area contributed by atoms with Gasteiger partial charge in [-0.3, -0.25) is 0 Å². The third kappa shape index (κ3) is 3.69. The van der Waals surface area contributed by atoms with Crippen LogP contribution in [0.15, 0.2) is 91.0 Å². The summed E-state index contributed by atoms with van der Waals surface area (Å²) in [5, 5.41) is 0. The van der Waals surface area contributed by atoms with Gasteiger partial charge in [0.1, 0.15) is 0 Å². The fourth-order valence-electron chi connectivity index (χ4n) is 3.20. The maximum atomic E-state index is 12.2. The van der Waals surface area contributed by atoms with Gasteiger partial charge in [-0.2, -0.15) is 0 Å². The molecule has 0 fully saturated rings. The molecule has 0 spiro atoms. The predicted molar refractivity (Wildman–Crippen MR) is 107 cm³/mol. The Morgan fingerprint density at radius 1 is 0.731 bits per heavy atom. The van der Waals surface area contributed by atoms with E-state index in [0.29, 0.717) is 0 Å². The topological polar surface area (TPSA) is 35.5 Å². The second-order valence-corrected chi connectivity index (χ2v) is 15.6. The van der Waals surface area contributed by atoms with Crippen LogP contribution < -0.4 is 10.7 Å². The molecule has 0 heterocycles. The van der Waals surface area contributed by atoms with Crippen molar-refractivity contribution in [3.05, 3.63) is 91.0 Å². The molecule has 3 aromatic carbocycles. The standard InChI is InChI=1S/3C6H5.C4H7O3.Sn/c3*1-2-4-6-5-3-1;1-3(5)4(6)7-2;/h3*1-5H;3H,1-2H3;/q;;;-1;+1. The van der Waals surface area contributed by atoms with E-state index in [2.05, 4.69) is 36.4 Å². The Morgan fingerprint density at radius 2 is 1.08 bits per heavy atom. The van der Waals surface area contributed by atoms with Crippen LogP contribution in [0.25, 0.3) is 0 Å². The molecule has 1 atom stereocenters. The summed E-state index contributed by atoms with van der Waals surface area (Å²) < 4.78 is 15.1. The Labute approximate surface area is 159 Å². The summed E-state index contributed by atoms with van der Waals surface area (Å²) in [5.41, 5.74) is 0. The molecule has 1 unspecified atom stereocenters. The molecule has 0 saturated heterocycles. The van der Waals surface area contributed by atoms with E-state index < -0.39 is 24.9 Å². The van der Waals surface area contributed by atoms with Crippen LogP contribution in [0.1, 0.15) is 6.92 Å². The van der Waals surface area contributed by atoms with E-state index in [1.165, 1.54) is 7.11 Å². The predicted octanol–water partition coefficient (Wildman–Crippen LogP) is 2.23. The molecule has 0 aliphatic carbocycles. The molecule has 3 rings (SSSR count). The number of carbonyl (C=O) groups is 1. The van der Waals surface area contributed by atoms with Gasteiger partial charge in [0, 0.05) is 0 Å². The van der Waals surface area contributed by atoms with Gasteiger partial charge in [0.15, 0.2) is 0 Å². The summed E-state index contributed by atoms with van der Waals surface area (Å²) in [5.74, 6) is -0.353. The van der Waals surface area contributed by atoms with Gasteiger partial charge >= 0.3 is 159 Å². The molecule has 0 N–H and O–H groups in total. The van der Waals surface area contributed by atoms with Crippen molar-refractivity contribution < 1.29 is 12.6 Å². The average Bonchev–Trinajstić information content (AvgIpc) is 2.73. The zero-order valence-electron chi connectivity index (χ0n) is 15.0. The van der Waals surface area contributed by atoms with Gasteiger partial charge in [-0.25, -0.2) is 0 Å². The molecule has 0 aromatic heterocycles. The number of rotatable bonds is 6. The molecular formula is C22H22O3Sn. The van der Waals surface area contributed by atoms with Crippen LogP contribution in [0.3, 0.4) is 0 Å². The van der Waals surface area contributed by atoms with E-state index in [-0.39, 0.29) is 5.97 Å². The Morgan fingerprint density at radius 3 is 1.38 bits per heavy atom. The number of hydrogen-bond acceptors (Lipinski definition) is 3. The Kier molecular flexibility index (Phi) is 6.11. The maximum absolute atomic E-state index is 12.2. The number of esters is 1. The van der Waals surface area contributed by atoms with Crippen LogP contribution in [0, 0.1) is 0 Å². The summed E-state index contributed by atoms with van der Waals surface area (Å²) in [6.45, 7) is 1.77. The first-order chi connectivity index (χ1) is 12.7. The van der Waals surface area contributed by atoms with E-state index in [9.17, 15) is 4.79 Å². The van der Waals surface area contributed by atoms with Crippen LogP contribution >= 0.6 is 0 Å². The van der Waals surface area contributed by atoms with Crippen molar-refractivity contribution in [2.75, 3.05) is 7.11 Å². The second kappa shape index (κ2) is 8.51. The third-order valence-electron chi connectivity index (χ3n) is 4.43. The van der Waals surface area contributed by atoms with E-state index >= 15 is 0 Å². The first kappa shape index (κ1) is 18.7. The first-order valence-corrected chi connectivity index (χ1v) is 14.1. The van der Waals surface area contributed by atoms with Gasteiger partial charge in [0.25, 0.3) is 0 Å². The zero-order chi connectivity index (χ0) is 18.4. The van der Waals surface area contributed by atoms with Gasteiger partial charge in [-0.1, -0.05) is 0 Å². The number of methoxy groups -OCH3 is 1. The van der Waals surface area contributed by atoms with E-state index in [0.717, 1.165) is 10.7 Å². The van der Waals surface area contributed by atoms with Gasteiger partial charge in [-0.15, -0.1) is 0 Å². The normalized spacial score (nSPS) is 12.4. The summed E-state index contributed by atoms with van der Waals surface area (Å²) in [6, 6.07) is 30.8. The van der Waals surface area contributed by atoms with Gasteiger partial charge in [0.2, 0.25) is 0 Å². The third-order valence-corrected chi connectivity index (χ3v) is 16.3. The molecular weight excluding hydrogens is 431 g/mol. The van der Waals surface area contributed by atoms with Crippen molar-refractivity contribution in [2.45, 2.75) is 13.0 Å². The molecule has 3 aromatic rings. The van der Waals surface area contributed by atoms with Crippen LogP contribution in [-0.2, 0) is 12.6 Å². The van der Waals surface area contributed by atoms with Crippen molar-refractivity contribution in [1.82, 2.24) is 0 Å². The van der Waals surface area contributed by atoms with Crippen molar-refractivity contribution >= 4 is 35.5 Å². The van der Waals surface area contributed by atoms with Crippen molar-refractivity contribution in [2.24, 2.45) is 0 Å². The Bertz CT molecular complexity index is 738. The minimum absolute atomic E-state index is 0.353. The van der Waals surface area contributed by atoms with Crippen LogP contribution in [0.5, 0.6) is 0 Å². The number of ether oxygens (including phenoxy) is 1. The SMILES string of the molecule is COC(=O)C(C)[O][Sn]([c]1ccccc1)([c]1ccccc1)[c]1ccccc1. The van der Waals surface area contributed by atoms with Crippen molar-refractivity contribution in [3.8, 4) is 0 Å². The van der Waals surface area contributed by atoms with Crippen LogP contribution in [-0.4, -0.2) is 38.0 Å². The molecule has 26 heavy (non-hydrogen) atoms. The molecule has 0 radical (unpaired) electrons. The Hall–Kier alpha value is -2.11. The van der Waals surface area contributed by atoms with Gasteiger partial charge < -0.3 is 0 Å². The molecule has 0 aliphatic heterocycles. The molecule has 0 aliphatic rings. The fourth-order valence-corrected chi connectivity index (χ4v) is 14.7. The number of carbonyl (C=O) groups excluding carboxylic acids is 1. The zero-order valence-corrected chi connectivity index (χ0v) is 17.8. The number of hydrogen-bond donors (Lipinski definition) is 0. The summed E-state index contributed by atoms with van der Waals surface area (Å²) in [7, 11) is 1.40. The average molecular weight is 453 g/mol. The number of benzene rings is 3. The van der Waals surface area contributed by atoms with Crippen LogP contribution in [0.4, 0.5) is 0 Å². The van der Waals surface area contributed by atoms with E-state index in [1.54, 1.807) is 6.92 Å². The van der Waals surface area contributed by atoms with Crippen molar-refractivity contribution in [3.63, 3.8) is 0 Å². The quantitative estimate of drug-likeness (QED) is 0.425. The molecule has 0 bridgehead atoms. The van der Waals surface area contributed by atoms with Crippen molar-refractivity contribution in [1.29, 1.82) is 0 Å². The Balaban J connectivity index is 2.26. The monoisotopic (exact) mass is 454 g/mol. The fraction of sp³-hybridized carbons (Fsp3) is 0.136. The molecule has 132 valence electrons. The second-order valence-electron chi connectivity index (χ2n) is 6.06. The summed E-state index contributed by atoms with van der Waals surface area (Å²) >= 11 is -3.86. The molecule has 3 nitrogen and oxygen atoms in total. The minimum atomic E-state index is -3.86. The van der Waals surface area contributed by atoms with Gasteiger partial charge in [0.05, 0.1) is 0 Å². The van der Waals surface area contributed by atoms with Gasteiger partial charge in [-0.05, 0) is 0 Å². The first-order valence-electron chi connectivity index (χ1n) is 8.60. The molecule has 0 saturated carbocycles. The van der Waals surface area contributed by atoms with Crippen LogP contribution in [0.2, 0.25) is 0 Å². The summed E-state index contributed by atoms with van der Waals surface area (Å²) in [6.07, 6.45) is -0.642. The molecule has 4 heteroatoms.